The number of aromatic nitrogens is 4. The van der Waals surface area contributed by atoms with Gasteiger partial charge in [0.15, 0.2) is 5.65 Å². The molecule has 1 aromatic carbocycles. The number of fused-ring (bicyclic) bond motifs is 1. The van der Waals surface area contributed by atoms with Crippen molar-refractivity contribution >= 4 is 69.5 Å². The fourth-order valence-corrected chi connectivity index (χ4v) is 6.48. The molecule has 1 amide bonds. The van der Waals surface area contributed by atoms with Gasteiger partial charge in [0.1, 0.15) is 5.52 Å². The van der Waals surface area contributed by atoms with Gasteiger partial charge in [0.05, 0.1) is 34.1 Å². The van der Waals surface area contributed by atoms with Gasteiger partial charge in [0.25, 0.3) is 0 Å². The van der Waals surface area contributed by atoms with E-state index in [4.69, 9.17) is 50.5 Å². The summed E-state index contributed by atoms with van der Waals surface area (Å²) in [5, 5.41) is 15.0. The number of amides is 1. The van der Waals surface area contributed by atoms with E-state index in [1.807, 2.05) is 16.5 Å². The molecule has 0 unspecified atom stereocenters. The Bertz CT molecular complexity index is 1290. The third kappa shape index (κ3) is 5.32. The molecule has 2 fully saturated rings. The highest BCUT2D eigenvalue weighted by Gasteiger charge is 2.31. The molecular weight excluding hydrogens is 537 g/mol. The lowest BCUT2D eigenvalue weighted by Crippen LogP contribution is -2.44. The number of primary amides is 1. The van der Waals surface area contributed by atoms with E-state index in [0.29, 0.717) is 56.7 Å². The summed E-state index contributed by atoms with van der Waals surface area (Å²) >= 11 is 19.0. The summed E-state index contributed by atoms with van der Waals surface area (Å²) in [6.45, 7) is 0. The zero-order valence-corrected chi connectivity index (χ0v) is 22.8. The van der Waals surface area contributed by atoms with Gasteiger partial charge in [-0.2, -0.15) is 4.98 Å². The topological polar surface area (TPSA) is 122 Å². The molecule has 2 aliphatic carbocycles. The first-order valence-corrected chi connectivity index (χ1v) is 13.7. The van der Waals surface area contributed by atoms with E-state index in [2.05, 4.69) is 10.3 Å². The average Bonchev–Trinajstić information content (AvgIpc) is 3.23. The van der Waals surface area contributed by atoms with Crippen LogP contribution in [0.1, 0.15) is 57.4 Å². The molecule has 2 heterocycles. The molecule has 2 atom stereocenters. The number of imidazole rings is 1. The molecule has 0 saturated heterocycles. The molecule has 0 spiro atoms. The Morgan fingerprint density at radius 2 is 1.76 bits per heavy atom. The van der Waals surface area contributed by atoms with Crippen LogP contribution in [0, 0.1) is 5.92 Å². The Hall–Kier alpha value is -2.33. The highest BCUT2D eigenvalue weighted by Crippen LogP contribution is 2.40. The van der Waals surface area contributed by atoms with Gasteiger partial charge in [-0.05, 0) is 50.7 Å². The number of halogens is 3. The van der Waals surface area contributed by atoms with Crippen LogP contribution in [0.15, 0.2) is 18.3 Å². The second-order valence-corrected chi connectivity index (χ2v) is 11.2. The molecule has 5 rings (SSSR count). The second-order valence-electron chi connectivity index (χ2n) is 9.99. The monoisotopic (exact) mass is 565 g/mol. The molecule has 0 aliphatic heterocycles. The molecule has 2 saturated carbocycles. The number of carbonyl (C=O) groups is 1. The zero-order valence-electron chi connectivity index (χ0n) is 20.5. The predicted octanol–water partition coefficient (Wildman–Crippen LogP) is 5.49. The second kappa shape index (κ2) is 10.8. The Morgan fingerprint density at radius 3 is 2.41 bits per heavy atom. The van der Waals surface area contributed by atoms with E-state index in [0.717, 1.165) is 38.5 Å². The van der Waals surface area contributed by atoms with E-state index in [-0.39, 0.29) is 23.9 Å². The lowest BCUT2D eigenvalue weighted by Gasteiger charge is -2.35. The van der Waals surface area contributed by atoms with Crippen molar-refractivity contribution in [3.8, 4) is 0 Å². The van der Waals surface area contributed by atoms with Crippen molar-refractivity contribution in [1.29, 1.82) is 0 Å². The van der Waals surface area contributed by atoms with Crippen LogP contribution in [0.4, 0.5) is 17.6 Å². The number of nitrogens with zero attached hydrogens (tertiary/aromatic N) is 5. The Morgan fingerprint density at radius 1 is 1.08 bits per heavy atom. The number of carbonyl (C=O) groups excluding carboxylic acids is 1. The van der Waals surface area contributed by atoms with Crippen molar-refractivity contribution in [2.24, 2.45) is 11.7 Å². The van der Waals surface area contributed by atoms with Gasteiger partial charge in [-0.3, -0.25) is 9.36 Å². The molecule has 2 aliphatic rings. The number of likely N-dealkylation sites (N-methyl/N-ethyl adjacent to an activating group) is 1. The molecule has 9 nitrogen and oxygen atoms in total. The number of aliphatic hydroxyl groups excluding tert-OH is 1. The highest BCUT2D eigenvalue weighted by atomic mass is 35.5. The van der Waals surface area contributed by atoms with Crippen molar-refractivity contribution in [2.45, 2.75) is 69.6 Å². The zero-order chi connectivity index (χ0) is 26.3. The van der Waals surface area contributed by atoms with Crippen LogP contribution in [0.3, 0.4) is 0 Å². The summed E-state index contributed by atoms with van der Waals surface area (Å²) in [4.78, 5) is 28.0. The standard InChI is InChI=1S/C25H30Cl3N7O2/c1-34(19-4-2-3-5-20(19)36)24-30-12-18-23(33-24)35(15-8-6-13(7-9-15)22(29)37)25(31-18)32-21-16(27)10-14(26)11-17(21)28/h10-13,15,19-20,36H,2-9H2,1H3,(H2,29,37)(H,31,32)/t13-,15-,19-,20+/m0/s1. The summed E-state index contributed by atoms with van der Waals surface area (Å²) in [6.07, 6.45) is 7.89. The highest BCUT2D eigenvalue weighted by molar-refractivity contribution is 6.41. The molecule has 3 aromatic rings. The van der Waals surface area contributed by atoms with Gasteiger partial charge >= 0.3 is 0 Å². The van der Waals surface area contributed by atoms with E-state index in [9.17, 15) is 9.90 Å². The summed E-state index contributed by atoms with van der Waals surface area (Å²) in [6, 6.07) is 3.22. The number of rotatable bonds is 6. The predicted molar refractivity (Wildman–Crippen MR) is 147 cm³/mol. The maximum absolute atomic E-state index is 11.8. The largest absolute Gasteiger partial charge is 0.391 e. The molecule has 37 heavy (non-hydrogen) atoms. The lowest BCUT2D eigenvalue weighted by atomic mass is 9.85. The third-order valence-corrected chi connectivity index (χ3v) is 8.45. The summed E-state index contributed by atoms with van der Waals surface area (Å²) in [5.41, 5.74) is 7.34. The van der Waals surface area contributed by atoms with E-state index >= 15 is 0 Å². The van der Waals surface area contributed by atoms with E-state index < -0.39 is 6.10 Å². The first-order valence-electron chi connectivity index (χ1n) is 12.6. The molecular formula is C25H30Cl3N7O2. The molecule has 4 N–H and O–H groups in total. The first-order chi connectivity index (χ1) is 17.7. The number of nitrogens with two attached hydrogens (primary N) is 1. The summed E-state index contributed by atoms with van der Waals surface area (Å²) in [7, 11) is 1.92. The first kappa shape index (κ1) is 26.3. The molecule has 12 heteroatoms. The van der Waals surface area contributed by atoms with Crippen molar-refractivity contribution < 1.29 is 9.90 Å². The van der Waals surface area contributed by atoms with Crippen LogP contribution in [0.5, 0.6) is 0 Å². The van der Waals surface area contributed by atoms with Crippen molar-refractivity contribution in [2.75, 3.05) is 17.3 Å². The van der Waals surface area contributed by atoms with Crippen LogP contribution < -0.4 is 16.0 Å². The van der Waals surface area contributed by atoms with E-state index in [1.54, 1.807) is 18.3 Å². The number of nitrogens with one attached hydrogen (secondary N) is 1. The number of aliphatic hydroxyl groups is 1. The number of benzene rings is 1. The Balaban J connectivity index is 1.56. The SMILES string of the molecule is CN(c1ncc2nc(Nc3c(Cl)cc(Cl)cc3Cl)n([C@H]3CC[C@H](C(N)=O)CC3)c2n1)[C@H]1CCCC[C@H]1O. The fraction of sp³-hybridized carbons (Fsp3) is 0.520. The van der Waals surface area contributed by atoms with Crippen LogP contribution in [-0.4, -0.2) is 49.7 Å². The van der Waals surface area contributed by atoms with Gasteiger partial charge in [-0.25, -0.2) is 9.97 Å². The number of hydrogen-bond donors (Lipinski definition) is 3. The minimum absolute atomic E-state index is 0.0290. The van der Waals surface area contributed by atoms with Gasteiger partial charge < -0.3 is 21.1 Å². The van der Waals surface area contributed by atoms with Crippen LogP contribution in [0.2, 0.25) is 15.1 Å². The molecule has 0 radical (unpaired) electrons. The minimum atomic E-state index is -0.418. The van der Waals surface area contributed by atoms with Crippen molar-refractivity contribution in [3.05, 3.63) is 33.4 Å². The van der Waals surface area contributed by atoms with Crippen LogP contribution in [-0.2, 0) is 4.79 Å². The van der Waals surface area contributed by atoms with E-state index in [1.165, 1.54) is 0 Å². The van der Waals surface area contributed by atoms with Crippen molar-refractivity contribution in [1.82, 2.24) is 19.5 Å². The van der Waals surface area contributed by atoms with Gasteiger partial charge in [-0.1, -0.05) is 47.6 Å². The Labute approximate surface area is 230 Å². The number of hydrogen-bond acceptors (Lipinski definition) is 7. The minimum Gasteiger partial charge on any atom is -0.391 e. The van der Waals surface area contributed by atoms with Gasteiger partial charge in [-0.15, -0.1) is 0 Å². The smallest absolute Gasteiger partial charge is 0.227 e. The normalized spacial score (nSPS) is 24.2. The summed E-state index contributed by atoms with van der Waals surface area (Å²) in [5.74, 6) is 0.658. The molecule has 198 valence electrons. The van der Waals surface area contributed by atoms with Gasteiger partial charge in [0, 0.05) is 24.0 Å². The quantitative estimate of drug-likeness (QED) is 0.361. The van der Waals surface area contributed by atoms with Crippen LogP contribution >= 0.6 is 34.8 Å². The van der Waals surface area contributed by atoms with Crippen LogP contribution in [0.25, 0.3) is 11.2 Å². The average molecular weight is 567 g/mol. The Kier molecular flexibility index (Phi) is 7.68. The lowest BCUT2D eigenvalue weighted by molar-refractivity contribution is -0.122. The molecule has 0 bridgehead atoms. The maximum Gasteiger partial charge on any atom is 0.227 e. The summed E-state index contributed by atoms with van der Waals surface area (Å²) < 4.78 is 2.05. The number of anilines is 3. The fourth-order valence-electron chi connectivity index (χ4n) is 5.57. The van der Waals surface area contributed by atoms with Crippen molar-refractivity contribution in [3.63, 3.8) is 0 Å². The third-order valence-electron chi connectivity index (χ3n) is 7.63. The van der Waals surface area contributed by atoms with Gasteiger partial charge in [0.2, 0.25) is 17.8 Å². The molecule has 2 aromatic heterocycles. The maximum atomic E-state index is 11.8.